The third kappa shape index (κ3) is 1.82. The molecule has 15 heavy (non-hydrogen) atoms. The summed E-state index contributed by atoms with van der Waals surface area (Å²) in [6.07, 6.45) is 7.63. The van der Waals surface area contributed by atoms with E-state index >= 15 is 0 Å². The van der Waals surface area contributed by atoms with Crippen molar-refractivity contribution in [3.63, 3.8) is 0 Å². The maximum absolute atomic E-state index is 4.41. The first-order valence-corrected chi connectivity index (χ1v) is 4.96. The molecule has 1 aromatic heterocycles. The lowest BCUT2D eigenvalue weighted by atomic mass is 10.0. The normalized spacial score (nSPS) is 11.0. The van der Waals surface area contributed by atoms with Gasteiger partial charge in [-0.15, -0.1) is 0 Å². The van der Waals surface area contributed by atoms with Gasteiger partial charge >= 0.3 is 0 Å². The number of nitrogens with zero attached hydrogens (tertiary/aromatic N) is 1. The fourth-order valence-corrected chi connectivity index (χ4v) is 1.63. The second-order valence-corrected chi connectivity index (χ2v) is 3.45. The highest BCUT2D eigenvalue weighted by atomic mass is 14.6. The number of para-hydroxylation sites is 1. The minimum absolute atomic E-state index is 1.05. The van der Waals surface area contributed by atoms with E-state index < -0.39 is 0 Å². The second kappa shape index (κ2) is 4.09. The van der Waals surface area contributed by atoms with Crippen molar-refractivity contribution in [3.05, 3.63) is 60.3 Å². The van der Waals surface area contributed by atoms with E-state index in [-0.39, 0.29) is 0 Å². The Kier molecular flexibility index (Phi) is 2.64. The first kappa shape index (κ1) is 9.66. The lowest BCUT2D eigenvalue weighted by Crippen LogP contribution is -1.86. The van der Waals surface area contributed by atoms with Crippen LogP contribution < -0.4 is 0 Å². The van der Waals surface area contributed by atoms with Gasteiger partial charge in [0, 0.05) is 11.6 Å². The van der Waals surface area contributed by atoms with Crippen LogP contribution >= 0.6 is 0 Å². The van der Waals surface area contributed by atoms with Gasteiger partial charge in [-0.1, -0.05) is 43.0 Å². The van der Waals surface area contributed by atoms with Crippen LogP contribution in [-0.2, 0) is 0 Å². The molecule has 1 aromatic carbocycles. The summed E-state index contributed by atoms with van der Waals surface area (Å²) in [6.45, 7) is 5.78. The molecule has 1 heterocycles. The van der Waals surface area contributed by atoms with E-state index in [0.717, 1.165) is 11.1 Å². The van der Waals surface area contributed by atoms with E-state index in [4.69, 9.17) is 0 Å². The van der Waals surface area contributed by atoms with Crippen LogP contribution in [0.2, 0.25) is 0 Å². The third-order valence-electron chi connectivity index (χ3n) is 2.50. The van der Waals surface area contributed by atoms with Crippen LogP contribution in [0, 0.1) is 6.92 Å². The Morgan fingerprint density at radius 1 is 1.27 bits per heavy atom. The molecular weight excluding hydrogens is 182 g/mol. The van der Waals surface area contributed by atoms with Crippen molar-refractivity contribution in [1.29, 1.82) is 0 Å². The zero-order chi connectivity index (χ0) is 10.7. The van der Waals surface area contributed by atoms with Crippen LogP contribution in [0.5, 0.6) is 0 Å². The number of pyridine rings is 1. The van der Waals surface area contributed by atoms with E-state index in [9.17, 15) is 0 Å². The van der Waals surface area contributed by atoms with E-state index in [0.29, 0.717) is 0 Å². The average Bonchev–Trinajstić information content (AvgIpc) is 2.29. The fourth-order valence-electron chi connectivity index (χ4n) is 1.63. The Labute approximate surface area is 89.8 Å². The predicted molar refractivity (Wildman–Crippen MR) is 65.7 cm³/mol. The molecule has 0 atom stereocenters. The topological polar surface area (TPSA) is 12.9 Å². The van der Waals surface area contributed by atoms with Gasteiger partial charge < -0.3 is 0 Å². The fraction of sp³-hybridized carbons (Fsp3) is 0.0714. The molecule has 0 fully saturated rings. The number of allylic oxidation sites excluding steroid dienone is 2. The number of benzene rings is 1. The van der Waals surface area contributed by atoms with E-state index in [1.165, 1.54) is 10.9 Å². The van der Waals surface area contributed by atoms with Crippen molar-refractivity contribution in [2.45, 2.75) is 6.92 Å². The van der Waals surface area contributed by atoms with Crippen LogP contribution in [-0.4, -0.2) is 4.98 Å². The van der Waals surface area contributed by atoms with Crippen LogP contribution in [0.4, 0.5) is 0 Å². The van der Waals surface area contributed by atoms with Gasteiger partial charge in [0.2, 0.25) is 0 Å². The van der Waals surface area contributed by atoms with Crippen molar-refractivity contribution >= 4 is 17.0 Å². The predicted octanol–water partition coefficient (Wildman–Crippen LogP) is 3.74. The average molecular weight is 195 g/mol. The smallest absolute Gasteiger partial charge is 0.0705 e. The molecule has 0 spiro atoms. The largest absolute Gasteiger partial charge is 0.256 e. The van der Waals surface area contributed by atoms with Gasteiger partial charge in [-0.3, -0.25) is 4.98 Å². The molecule has 0 saturated heterocycles. The van der Waals surface area contributed by atoms with Crippen molar-refractivity contribution in [1.82, 2.24) is 4.98 Å². The Morgan fingerprint density at radius 2 is 2.07 bits per heavy atom. The minimum atomic E-state index is 1.05. The van der Waals surface area contributed by atoms with E-state index in [2.05, 4.69) is 24.6 Å². The molecule has 0 aliphatic carbocycles. The molecule has 0 aliphatic rings. The molecule has 2 rings (SSSR count). The van der Waals surface area contributed by atoms with Gasteiger partial charge in [0.05, 0.1) is 5.52 Å². The van der Waals surface area contributed by atoms with Gasteiger partial charge in [-0.05, 0) is 24.1 Å². The highest BCUT2D eigenvalue weighted by molar-refractivity contribution is 5.84. The zero-order valence-corrected chi connectivity index (χ0v) is 8.77. The monoisotopic (exact) mass is 195 g/mol. The summed E-state index contributed by atoms with van der Waals surface area (Å²) in [5, 5.41) is 1.21. The zero-order valence-electron chi connectivity index (χ0n) is 8.77. The molecule has 74 valence electrons. The van der Waals surface area contributed by atoms with Crippen LogP contribution in [0.25, 0.3) is 17.0 Å². The summed E-state index contributed by atoms with van der Waals surface area (Å²) in [4.78, 5) is 4.41. The molecule has 1 nitrogen and oxygen atoms in total. The van der Waals surface area contributed by atoms with Crippen molar-refractivity contribution in [3.8, 4) is 0 Å². The van der Waals surface area contributed by atoms with Gasteiger partial charge in [0.1, 0.15) is 0 Å². The van der Waals surface area contributed by atoms with Crippen molar-refractivity contribution in [2.24, 2.45) is 0 Å². The highest BCUT2D eigenvalue weighted by Gasteiger charge is 2.00. The number of aromatic nitrogens is 1. The molecular formula is C14H13N. The molecule has 0 amide bonds. The number of rotatable bonds is 2. The summed E-state index contributed by atoms with van der Waals surface area (Å²) < 4.78 is 0. The summed E-state index contributed by atoms with van der Waals surface area (Å²) in [5.74, 6) is 0. The minimum Gasteiger partial charge on any atom is -0.256 e. The molecule has 0 N–H and O–H groups in total. The van der Waals surface area contributed by atoms with Gasteiger partial charge in [-0.2, -0.15) is 0 Å². The summed E-state index contributed by atoms with van der Waals surface area (Å²) in [6, 6.07) is 8.18. The third-order valence-corrected chi connectivity index (χ3v) is 2.50. The molecule has 2 aromatic rings. The maximum Gasteiger partial charge on any atom is 0.0705 e. The van der Waals surface area contributed by atoms with Crippen molar-refractivity contribution in [2.75, 3.05) is 0 Å². The van der Waals surface area contributed by atoms with Crippen LogP contribution in [0.15, 0.2) is 49.2 Å². The highest BCUT2D eigenvalue weighted by Crippen LogP contribution is 2.20. The van der Waals surface area contributed by atoms with Crippen LogP contribution in [0.1, 0.15) is 11.1 Å². The number of hydrogen-bond acceptors (Lipinski definition) is 1. The summed E-state index contributed by atoms with van der Waals surface area (Å²) in [7, 11) is 0. The second-order valence-electron chi connectivity index (χ2n) is 3.45. The Balaban J connectivity index is 2.64. The Hall–Kier alpha value is -1.89. The molecule has 0 radical (unpaired) electrons. The van der Waals surface area contributed by atoms with Crippen LogP contribution in [0.3, 0.4) is 0 Å². The summed E-state index contributed by atoms with van der Waals surface area (Å²) in [5.41, 5.74) is 3.46. The molecule has 1 heteroatoms. The lowest BCUT2D eigenvalue weighted by Gasteiger charge is -2.04. The van der Waals surface area contributed by atoms with Gasteiger partial charge in [-0.25, -0.2) is 0 Å². The van der Waals surface area contributed by atoms with Gasteiger partial charge in [0.15, 0.2) is 0 Å². The standard InChI is InChI=1S/C14H13N/c1-3-4-7-12-10-15-14-9-6-5-8-13(14)11(12)2/h3-10H,1H2,2H3/b7-4-. The summed E-state index contributed by atoms with van der Waals surface area (Å²) >= 11 is 0. The van der Waals surface area contributed by atoms with Gasteiger partial charge in [0.25, 0.3) is 0 Å². The quantitative estimate of drug-likeness (QED) is 0.665. The molecule has 0 bridgehead atoms. The van der Waals surface area contributed by atoms with E-state index in [1.807, 2.05) is 36.5 Å². The number of fused-ring (bicyclic) bond motifs is 1. The van der Waals surface area contributed by atoms with E-state index in [1.54, 1.807) is 6.08 Å². The number of aryl methyl sites for hydroxylation is 1. The Bertz CT molecular complexity index is 524. The lowest BCUT2D eigenvalue weighted by molar-refractivity contribution is 1.35. The SMILES string of the molecule is C=C/C=C\c1cnc2ccccc2c1C. The molecule has 0 unspecified atom stereocenters. The number of hydrogen-bond donors (Lipinski definition) is 0. The maximum atomic E-state index is 4.41. The first-order chi connectivity index (χ1) is 7.33. The Morgan fingerprint density at radius 3 is 2.87 bits per heavy atom. The molecule has 0 aliphatic heterocycles. The first-order valence-electron chi connectivity index (χ1n) is 4.96. The molecule has 0 saturated carbocycles. The van der Waals surface area contributed by atoms with Crippen molar-refractivity contribution < 1.29 is 0 Å².